The predicted octanol–water partition coefficient (Wildman–Crippen LogP) is 1.41. The van der Waals surface area contributed by atoms with Crippen molar-refractivity contribution in [3.05, 3.63) is 35.1 Å². The molecule has 0 radical (unpaired) electrons. The zero-order valence-electron chi connectivity index (χ0n) is 7.79. The molecule has 0 unspecified atom stereocenters. The molecule has 2 nitrogen and oxygen atoms in total. The van der Waals surface area contributed by atoms with Gasteiger partial charge in [-0.05, 0) is 23.3 Å². The van der Waals surface area contributed by atoms with E-state index in [1.807, 2.05) is 6.07 Å². The lowest BCUT2D eigenvalue weighted by Gasteiger charge is -2.27. The molecular formula is C11H12FNO. The zero-order valence-corrected chi connectivity index (χ0v) is 7.79. The van der Waals surface area contributed by atoms with Gasteiger partial charge in [0, 0.05) is 13.0 Å². The Balaban J connectivity index is 2.01. The summed E-state index contributed by atoms with van der Waals surface area (Å²) < 4.78 is 18.6. The third kappa shape index (κ3) is 1.16. The highest BCUT2D eigenvalue weighted by atomic mass is 19.1. The van der Waals surface area contributed by atoms with Gasteiger partial charge in [-0.25, -0.2) is 4.39 Å². The average Bonchev–Trinajstić information content (AvgIpc) is 2.54. The van der Waals surface area contributed by atoms with Gasteiger partial charge in [0.2, 0.25) is 0 Å². The fraction of sp³-hybridized carbons (Fsp3) is 0.455. The maximum Gasteiger partial charge on any atom is 0.123 e. The second-order valence-corrected chi connectivity index (χ2v) is 3.89. The van der Waals surface area contributed by atoms with Gasteiger partial charge in [0.05, 0.1) is 18.8 Å². The van der Waals surface area contributed by atoms with Crippen LogP contribution in [-0.2, 0) is 11.2 Å². The van der Waals surface area contributed by atoms with E-state index in [0.717, 1.165) is 25.1 Å². The van der Waals surface area contributed by atoms with Gasteiger partial charge in [0.1, 0.15) is 5.82 Å². The molecule has 0 aromatic heterocycles. The minimum Gasteiger partial charge on any atom is -0.375 e. The van der Waals surface area contributed by atoms with Crippen molar-refractivity contribution < 1.29 is 9.13 Å². The summed E-state index contributed by atoms with van der Waals surface area (Å²) >= 11 is 0. The second kappa shape index (κ2) is 3.04. The summed E-state index contributed by atoms with van der Waals surface area (Å²) in [5.74, 6) is -0.151. The fourth-order valence-electron chi connectivity index (χ4n) is 2.41. The molecule has 74 valence electrons. The minimum atomic E-state index is -0.151. The summed E-state index contributed by atoms with van der Waals surface area (Å²) in [5.41, 5.74) is 2.30. The van der Waals surface area contributed by atoms with Crippen LogP contribution in [0.15, 0.2) is 18.2 Å². The molecule has 3 rings (SSSR count). The van der Waals surface area contributed by atoms with Crippen molar-refractivity contribution in [2.45, 2.75) is 18.6 Å². The molecule has 1 aromatic rings. The van der Waals surface area contributed by atoms with Gasteiger partial charge in [0.25, 0.3) is 0 Å². The van der Waals surface area contributed by atoms with Crippen molar-refractivity contribution >= 4 is 0 Å². The van der Waals surface area contributed by atoms with Crippen LogP contribution < -0.4 is 5.32 Å². The van der Waals surface area contributed by atoms with Gasteiger partial charge in [-0.15, -0.1) is 0 Å². The predicted molar refractivity (Wildman–Crippen MR) is 50.6 cm³/mol. The number of hydrogen-bond acceptors (Lipinski definition) is 2. The number of halogens is 1. The highest BCUT2D eigenvalue weighted by Gasteiger charge is 2.34. The van der Waals surface area contributed by atoms with Gasteiger partial charge >= 0.3 is 0 Å². The largest absolute Gasteiger partial charge is 0.375 e. The van der Waals surface area contributed by atoms with E-state index in [0.29, 0.717) is 0 Å². The van der Waals surface area contributed by atoms with E-state index in [1.54, 1.807) is 6.07 Å². The van der Waals surface area contributed by atoms with Crippen molar-refractivity contribution in [2.75, 3.05) is 13.2 Å². The molecule has 0 bridgehead atoms. The summed E-state index contributed by atoms with van der Waals surface area (Å²) in [7, 11) is 0. The lowest BCUT2D eigenvalue weighted by molar-refractivity contribution is 0.00503. The lowest BCUT2D eigenvalue weighted by atomic mass is 10.1. The van der Waals surface area contributed by atoms with E-state index < -0.39 is 0 Å². The molecule has 0 amide bonds. The summed E-state index contributed by atoms with van der Waals surface area (Å²) in [6, 6.07) is 5.30. The molecule has 3 heteroatoms. The molecule has 1 aliphatic carbocycles. The van der Waals surface area contributed by atoms with Gasteiger partial charge in [0.15, 0.2) is 0 Å². The first-order valence-electron chi connectivity index (χ1n) is 4.98. The Morgan fingerprint density at radius 1 is 1.43 bits per heavy atom. The fourth-order valence-corrected chi connectivity index (χ4v) is 2.41. The monoisotopic (exact) mass is 193 g/mol. The minimum absolute atomic E-state index is 0.151. The van der Waals surface area contributed by atoms with Crippen molar-refractivity contribution in [2.24, 2.45) is 0 Å². The molecule has 14 heavy (non-hydrogen) atoms. The number of nitrogens with one attached hydrogen (secondary N) is 1. The first kappa shape index (κ1) is 8.38. The van der Waals surface area contributed by atoms with Crippen LogP contribution in [0.5, 0.6) is 0 Å². The Bertz CT molecular complexity index is 366. The Hall–Kier alpha value is -0.930. The highest BCUT2D eigenvalue weighted by molar-refractivity contribution is 5.37. The van der Waals surface area contributed by atoms with Crippen molar-refractivity contribution in [1.82, 2.24) is 5.32 Å². The molecule has 2 aliphatic rings. The number of ether oxygens (including phenoxy) is 1. The van der Waals surface area contributed by atoms with E-state index >= 15 is 0 Å². The smallest absolute Gasteiger partial charge is 0.123 e. The molecule has 2 atom stereocenters. The van der Waals surface area contributed by atoms with E-state index in [4.69, 9.17) is 4.74 Å². The van der Waals surface area contributed by atoms with Crippen LogP contribution in [0, 0.1) is 5.82 Å². The van der Waals surface area contributed by atoms with Gasteiger partial charge in [-0.3, -0.25) is 0 Å². The first-order valence-corrected chi connectivity index (χ1v) is 4.98. The van der Waals surface area contributed by atoms with Crippen molar-refractivity contribution in [1.29, 1.82) is 0 Å². The van der Waals surface area contributed by atoms with Crippen LogP contribution in [0.2, 0.25) is 0 Å². The summed E-state index contributed by atoms with van der Waals surface area (Å²) in [6.45, 7) is 1.65. The summed E-state index contributed by atoms with van der Waals surface area (Å²) in [6.07, 6.45) is 1.05. The number of benzene rings is 1. The van der Waals surface area contributed by atoms with Crippen LogP contribution >= 0.6 is 0 Å². The van der Waals surface area contributed by atoms with Crippen LogP contribution in [0.1, 0.15) is 17.2 Å². The Kier molecular flexibility index (Phi) is 1.82. The SMILES string of the molecule is Fc1ccc2c(c1)C[C@H]1OCCN[C@@H]21. The van der Waals surface area contributed by atoms with E-state index in [9.17, 15) is 4.39 Å². The molecule has 1 aromatic carbocycles. The first-order chi connectivity index (χ1) is 6.84. The third-order valence-electron chi connectivity index (χ3n) is 3.03. The van der Waals surface area contributed by atoms with E-state index in [-0.39, 0.29) is 18.0 Å². The van der Waals surface area contributed by atoms with Crippen LogP contribution in [0.3, 0.4) is 0 Å². The van der Waals surface area contributed by atoms with Gasteiger partial charge in [-0.2, -0.15) is 0 Å². The van der Waals surface area contributed by atoms with E-state index in [1.165, 1.54) is 11.6 Å². The number of fused-ring (bicyclic) bond motifs is 3. The molecule has 1 heterocycles. The van der Waals surface area contributed by atoms with Crippen molar-refractivity contribution in [3.63, 3.8) is 0 Å². The standard InChI is InChI=1S/C11H12FNO/c12-8-1-2-9-7(5-8)6-10-11(9)13-3-4-14-10/h1-2,5,10-11,13H,3-4,6H2/t10-,11+/m1/s1. The molecular weight excluding hydrogens is 181 g/mol. The highest BCUT2D eigenvalue weighted by Crippen LogP contribution is 2.34. The quantitative estimate of drug-likeness (QED) is 0.672. The summed E-state index contributed by atoms with van der Waals surface area (Å²) in [5, 5.41) is 3.41. The molecule has 1 N–H and O–H groups in total. The molecule has 1 saturated heterocycles. The lowest BCUT2D eigenvalue weighted by Crippen LogP contribution is -2.39. The molecule has 0 saturated carbocycles. The Labute approximate surface area is 82.1 Å². The molecule has 1 aliphatic heterocycles. The van der Waals surface area contributed by atoms with Gasteiger partial charge in [-0.1, -0.05) is 6.07 Å². The normalized spacial score (nSPS) is 29.8. The summed E-state index contributed by atoms with van der Waals surface area (Å²) in [4.78, 5) is 0. The van der Waals surface area contributed by atoms with Crippen LogP contribution in [0.25, 0.3) is 0 Å². The molecule has 0 spiro atoms. The Morgan fingerprint density at radius 2 is 2.36 bits per heavy atom. The van der Waals surface area contributed by atoms with E-state index in [2.05, 4.69) is 5.32 Å². The maximum absolute atomic E-state index is 13.0. The molecule has 1 fully saturated rings. The van der Waals surface area contributed by atoms with Crippen LogP contribution in [0.4, 0.5) is 4.39 Å². The number of morpholine rings is 1. The zero-order chi connectivity index (χ0) is 9.54. The maximum atomic E-state index is 13.0. The Morgan fingerprint density at radius 3 is 3.29 bits per heavy atom. The number of hydrogen-bond donors (Lipinski definition) is 1. The third-order valence-corrected chi connectivity index (χ3v) is 3.03. The topological polar surface area (TPSA) is 21.3 Å². The number of rotatable bonds is 0. The van der Waals surface area contributed by atoms with Crippen molar-refractivity contribution in [3.8, 4) is 0 Å². The second-order valence-electron chi connectivity index (χ2n) is 3.89. The van der Waals surface area contributed by atoms with Crippen LogP contribution in [-0.4, -0.2) is 19.3 Å². The van der Waals surface area contributed by atoms with Gasteiger partial charge < -0.3 is 10.1 Å². The average molecular weight is 193 g/mol.